The van der Waals surface area contributed by atoms with E-state index in [1.54, 1.807) is 23.9 Å². The van der Waals surface area contributed by atoms with Gasteiger partial charge in [0.05, 0.1) is 4.90 Å². The number of hydrogen-bond donors (Lipinski definition) is 2. The lowest BCUT2D eigenvalue weighted by molar-refractivity contribution is 0.503. The van der Waals surface area contributed by atoms with Gasteiger partial charge in [-0.25, -0.2) is 13.6 Å². The fraction of sp³-hybridized carbons (Fsp3) is 0.500. The average Bonchev–Trinajstić information content (AvgIpc) is 2.87. The first-order valence-electron chi connectivity index (χ1n) is 6.92. The number of benzene rings is 1. The highest BCUT2D eigenvalue weighted by atomic mass is 32.2. The van der Waals surface area contributed by atoms with Gasteiger partial charge in [0.15, 0.2) is 5.17 Å². The molecular weight excluding hydrogens is 306 g/mol. The van der Waals surface area contributed by atoms with Crippen LogP contribution in [-0.2, 0) is 16.4 Å². The smallest absolute Gasteiger partial charge is 0.238 e. The second-order valence-electron chi connectivity index (χ2n) is 5.43. The van der Waals surface area contributed by atoms with E-state index in [2.05, 4.69) is 24.2 Å². The van der Waals surface area contributed by atoms with Gasteiger partial charge in [-0.2, -0.15) is 0 Å². The predicted octanol–water partition coefficient (Wildman–Crippen LogP) is 1.59. The van der Waals surface area contributed by atoms with Gasteiger partial charge in [-0.05, 0) is 30.0 Å². The number of rotatable bonds is 5. The summed E-state index contributed by atoms with van der Waals surface area (Å²) in [5.41, 5.74) is 1.05. The summed E-state index contributed by atoms with van der Waals surface area (Å²) in [6, 6.07) is 7.14. The van der Waals surface area contributed by atoms with Gasteiger partial charge in [0, 0.05) is 18.3 Å². The van der Waals surface area contributed by atoms with E-state index < -0.39 is 10.0 Å². The lowest BCUT2D eigenvalue weighted by Crippen LogP contribution is -2.31. The number of primary sulfonamides is 1. The average molecular weight is 327 g/mol. The van der Waals surface area contributed by atoms with Crippen molar-refractivity contribution in [2.45, 2.75) is 31.2 Å². The zero-order valence-electron chi connectivity index (χ0n) is 12.2. The molecule has 1 aliphatic rings. The predicted molar refractivity (Wildman–Crippen MR) is 88.0 cm³/mol. The third kappa shape index (κ3) is 4.72. The number of amidine groups is 1. The number of hydrogen-bond acceptors (Lipinski definition) is 4. The number of aliphatic imine (C=N–C) groups is 1. The van der Waals surface area contributed by atoms with Crippen LogP contribution in [0.15, 0.2) is 34.2 Å². The lowest BCUT2D eigenvalue weighted by atomic mass is 10.1. The molecule has 0 unspecified atom stereocenters. The van der Waals surface area contributed by atoms with E-state index in [9.17, 15) is 8.42 Å². The van der Waals surface area contributed by atoms with Gasteiger partial charge in [0.2, 0.25) is 10.0 Å². The van der Waals surface area contributed by atoms with Gasteiger partial charge >= 0.3 is 0 Å². The second kappa shape index (κ2) is 6.81. The molecule has 0 radical (unpaired) electrons. The van der Waals surface area contributed by atoms with E-state index in [1.165, 1.54) is 12.1 Å². The third-order valence-corrected chi connectivity index (χ3v) is 5.40. The zero-order valence-corrected chi connectivity index (χ0v) is 13.9. The monoisotopic (exact) mass is 327 g/mol. The Morgan fingerprint density at radius 1 is 1.38 bits per heavy atom. The van der Waals surface area contributed by atoms with Crippen molar-refractivity contribution in [3.8, 4) is 0 Å². The molecule has 1 saturated heterocycles. The molecule has 0 aliphatic carbocycles. The fourth-order valence-corrected chi connectivity index (χ4v) is 3.73. The Kier molecular flexibility index (Phi) is 5.29. The summed E-state index contributed by atoms with van der Waals surface area (Å²) in [5.74, 6) is 1.68. The topological polar surface area (TPSA) is 84.5 Å². The summed E-state index contributed by atoms with van der Waals surface area (Å²) >= 11 is 1.76. The zero-order chi connectivity index (χ0) is 15.5. The molecular formula is C14H21N3O2S2. The van der Waals surface area contributed by atoms with Gasteiger partial charge in [-0.15, -0.1) is 0 Å². The molecule has 0 spiro atoms. The molecule has 5 nitrogen and oxygen atoms in total. The summed E-state index contributed by atoms with van der Waals surface area (Å²) in [7, 11) is -3.61. The first-order valence-corrected chi connectivity index (χ1v) is 9.45. The van der Waals surface area contributed by atoms with Crippen LogP contribution >= 0.6 is 11.8 Å². The largest absolute Gasteiger partial charge is 0.361 e. The minimum Gasteiger partial charge on any atom is -0.361 e. The molecule has 21 heavy (non-hydrogen) atoms. The van der Waals surface area contributed by atoms with E-state index in [-0.39, 0.29) is 4.90 Å². The molecule has 1 aromatic carbocycles. The normalized spacial score (nSPS) is 21.0. The van der Waals surface area contributed by atoms with Crippen molar-refractivity contribution < 1.29 is 8.42 Å². The maximum atomic E-state index is 11.2. The van der Waals surface area contributed by atoms with Gasteiger partial charge in [0.1, 0.15) is 0 Å². The molecule has 2 rings (SSSR count). The van der Waals surface area contributed by atoms with Crippen molar-refractivity contribution in [2.75, 3.05) is 12.3 Å². The van der Waals surface area contributed by atoms with Crippen molar-refractivity contribution in [1.82, 2.24) is 5.32 Å². The third-order valence-electron chi connectivity index (χ3n) is 3.42. The first-order chi connectivity index (χ1) is 9.86. The highest BCUT2D eigenvalue weighted by molar-refractivity contribution is 8.14. The number of sulfonamides is 1. The van der Waals surface area contributed by atoms with Gasteiger partial charge in [-0.1, -0.05) is 37.7 Å². The SMILES string of the molecule is CC(C)[C@H]1CSC(=NCCc2ccc(S(N)(=O)=O)cc2)N1. The number of nitrogens with zero attached hydrogens (tertiary/aromatic N) is 1. The van der Waals surface area contributed by atoms with Crippen molar-refractivity contribution in [3.63, 3.8) is 0 Å². The molecule has 1 heterocycles. The van der Waals surface area contributed by atoms with E-state index in [4.69, 9.17) is 5.14 Å². The van der Waals surface area contributed by atoms with Crippen molar-refractivity contribution >= 4 is 27.0 Å². The Labute approximate surface area is 130 Å². The number of thioether (sulfide) groups is 1. The van der Waals surface area contributed by atoms with E-state index >= 15 is 0 Å². The second-order valence-corrected chi connectivity index (χ2v) is 8.00. The summed E-state index contributed by atoms with van der Waals surface area (Å²) in [4.78, 5) is 4.69. The summed E-state index contributed by atoms with van der Waals surface area (Å²) < 4.78 is 22.3. The molecule has 1 fully saturated rings. The van der Waals surface area contributed by atoms with Crippen LogP contribution in [0.5, 0.6) is 0 Å². The van der Waals surface area contributed by atoms with Crippen LogP contribution in [0.2, 0.25) is 0 Å². The van der Waals surface area contributed by atoms with Gasteiger partial charge < -0.3 is 5.32 Å². The standard InChI is InChI=1S/C14H21N3O2S2/c1-10(2)13-9-20-14(17-13)16-8-7-11-3-5-12(6-4-11)21(15,18)19/h3-6,10,13H,7-9H2,1-2H3,(H,16,17)(H2,15,18,19)/t13-/m1/s1. The molecule has 1 aliphatic heterocycles. The fourth-order valence-electron chi connectivity index (χ4n) is 1.99. The Bertz CT molecular complexity index is 610. The maximum Gasteiger partial charge on any atom is 0.238 e. The number of nitrogens with two attached hydrogens (primary N) is 1. The Balaban J connectivity index is 1.87. The van der Waals surface area contributed by atoms with E-state index in [0.717, 1.165) is 22.9 Å². The Morgan fingerprint density at radius 2 is 2.05 bits per heavy atom. The molecule has 0 bridgehead atoms. The summed E-state index contributed by atoms with van der Waals surface area (Å²) in [6.45, 7) is 5.09. The lowest BCUT2D eigenvalue weighted by Gasteiger charge is -2.13. The maximum absolute atomic E-state index is 11.2. The molecule has 0 amide bonds. The van der Waals surface area contributed by atoms with Crippen LogP contribution in [0.3, 0.4) is 0 Å². The molecule has 7 heteroatoms. The van der Waals surface area contributed by atoms with Crippen LogP contribution in [0.25, 0.3) is 0 Å². The van der Waals surface area contributed by atoms with Crippen LogP contribution in [-0.4, -0.2) is 31.9 Å². The van der Waals surface area contributed by atoms with Crippen molar-refractivity contribution in [1.29, 1.82) is 0 Å². The van der Waals surface area contributed by atoms with Crippen molar-refractivity contribution in [2.24, 2.45) is 16.0 Å². The van der Waals surface area contributed by atoms with Gasteiger partial charge in [-0.3, -0.25) is 4.99 Å². The molecule has 1 atom stereocenters. The highest BCUT2D eigenvalue weighted by Crippen LogP contribution is 2.19. The minimum atomic E-state index is -3.61. The van der Waals surface area contributed by atoms with E-state index in [0.29, 0.717) is 18.5 Å². The summed E-state index contributed by atoms with van der Waals surface area (Å²) in [6.07, 6.45) is 0.781. The van der Waals surface area contributed by atoms with Crippen LogP contribution in [0, 0.1) is 5.92 Å². The molecule has 0 saturated carbocycles. The quantitative estimate of drug-likeness (QED) is 0.860. The molecule has 3 N–H and O–H groups in total. The van der Waals surface area contributed by atoms with Gasteiger partial charge in [0.25, 0.3) is 0 Å². The minimum absolute atomic E-state index is 0.144. The van der Waals surface area contributed by atoms with Crippen LogP contribution in [0.4, 0.5) is 0 Å². The van der Waals surface area contributed by atoms with E-state index in [1.807, 2.05) is 0 Å². The molecule has 0 aromatic heterocycles. The Hall–Kier alpha value is -1.05. The Morgan fingerprint density at radius 3 is 2.57 bits per heavy atom. The first kappa shape index (κ1) is 16.3. The summed E-state index contributed by atoms with van der Waals surface area (Å²) in [5, 5.41) is 9.50. The van der Waals surface area contributed by atoms with Crippen LogP contribution < -0.4 is 10.5 Å². The van der Waals surface area contributed by atoms with Crippen molar-refractivity contribution in [3.05, 3.63) is 29.8 Å². The molecule has 116 valence electrons. The molecule has 1 aromatic rings. The number of nitrogens with one attached hydrogen (secondary N) is 1. The highest BCUT2D eigenvalue weighted by Gasteiger charge is 2.22. The van der Waals surface area contributed by atoms with Crippen LogP contribution in [0.1, 0.15) is 19.4 Å².